The van der Waals surface area contributed by atoms with Crippen molar-refractivity contribution < 1.29 is 13.9 Å². The molecule has 1 amide bonds. The van der Waals surface area contributed by atoms with Crippen LogP contribution in [-0.2, 0) is 6.42 Å². The molecular weight excluding hydrogens is 343 g/mol. The molecule has 0 saturated carbocycles. The predicted octanol–water partition coefficient (Wildman–Crippen LogP) is 5.53. The summed E-state index contributed by atoms with van der Waals surface area (Å²) in [6.45, 7) is 3.75. The van der Waals surface area contributed by atoms with E-state index in [1.165, 1.54) is 17.7 Å². The molecule has 0 unspecified atom stereocenters. The summed E-state index contributed by atoms with van der Waals surface area (Å²) in [5, 5.41) is 2.77. The Bertz CT molecular complexity index is 922. The van der Waals surface area contributed by atoms with Crippen LogP contribution < -0.4 is 10.1 Å². The topological polar surface area (TPSA) is 51.2 Å². The third-order valence-corrected chi connectivity index (χ3v) is 4.11. The molecular formula is C22H21FN2O2. The van der Waals surface area contributed by atoms with Crippen LogP contribution in [0.5, 0.6) is 11.5 Å². The molecule has 0 aliphatic carbocycles. The van der Waals surface area contributed by atoms with Gasteiger partial charge < -0.3 is 10.1 Å². The van der Waals surface area contributed by atoms with Crippen molar-refractivity contribution in [3.8, 4) is 11.5 Å². The number of benzene rings is 2. The standard InChI is InChI=1S/C22H21FN2O2/c1-3-4-16-5-9-18(10-6-16)27-19-11-7-17(8-12-19)25-22(26)20-13-14-21(23)24-15(20)2/h5-14H,3-4H2,1-2H3,(H,25,26). The number of aromatic nitrogens is 1. The van der Waals surface area contributed by atoms with Gasteiger partial charge in [0.25, 0.3) is 5.91 Å². The molecule has 1 heterocycles. The molecule has 3 rings (SSSR count). The minimum Gasteiger partial charge on any atom is -0.457 e. The van der Waals surface area contributed by atoms with Gasteiger partial charge >= 0.3 is 0 Å². The second-order valence-corrected chi connectivity index (χ2v) is 6.24. The average Bonchev–Trinajstić information content (AvgIpc) is 2.65. The van der Waals surface area contributed by atoms with E-state index >= 15 is 0 Å². The van der Waals surface area contributed by atoms with Gasteiger partial charge in [0, 0.05) is 5.69 Å². The highest BCUT2D eigenvalue weighted by atomic mass is 19.1. The van der Waals surface area contributed by atoms with Crippen molar-refractivity contribution in [3.63, 3.8) is 0 Å². The van der Waals surface area contributed by atoms with Crippen molar-refractivity contribution in [2.75, 3.05) is 5.32 Å². The lowest BCUT2D eigenvalue weighted by molar-refractivity contribution is 0.102. The van der Waals surface area contributed by atoms with Crippen molar-refractivity contribution in [2.24, 2.45) is 0 Å². The number of aryl methyl sites for hydroxylation is 2. The van der Waals surface area contributed by atoms with Crippen molar-refractivity contribution in [3.05, 3.63) is 83.4 Å². The minimum absolute atomic E-state index is 0.333. The molecule has 27 heavy (non-hydrogen) atoms. The predicted molar refractivity (Wildman–Crippen MR) is 104 cm³/mol. The first-order valence-electron chi connectivity index (χ1n) is 8.86. The molecule has 0 bridgehead atoms. The Balaban J connectivity index is 1.63. The number of rotatable bonds is 6. The highest BCUT2D eigenvalue weighted by molar-refractivity contribution is 6.04. The number of nitrogens with one attached hydrogen (secondary N) is 1. The van der Waals surface area contributed by atoms with Crippen LogP contribution in [-0.4, -0.2) is 10.9 Å². The van der Waals surface area contributed by atoms with Crippen molar-refractivity contribution in [1.82, 2.24) is 4.98 Å². The third kappa shape index (κ3) is 4.91. The normalized spacial score (nSPS) is 10.5. The van der Waals surface area contributed by atoms with Gasteiger partial charge in [-0.3, -0.25) is 4.79 Å². The summed E-state index contributed by atoms with van der Waals surface area (Å²) in [5.41, 5.74) is 2.59. The minimum atomic E-state index is -0.603. The van der Waals surface area contributed by atoms with Crippen LogP contribution in [0.4, 0.5) is 10.1 Å². The molecule has 0 saturated heterocycles. The smallest absolute Gasteiger partial charge is 0.257 e. The fourth-order valence-corrected chi connectivity index (χ4v) is 2.72. The zero-order chi connectivity index (χ0) is 19.2. The zero-order valence-electron chi connectivity index (χ0n) is 15.3. The summed E-state index contributed by atoms with van der Waals surface area (Å²) in [7, 11) is 0. The van der Waals surface area contributed by atoms with E-state index in [1.54, 1.807) is 31.2 Å². The van der Waals surface area contributed by atoms with Crippen molar-refractivity contribution in [2.45, 2.75) is 26.7 Å². The fraction of sp³-hybridized carbons (Fsp3) is 0.182. The molecule has 0 aliphatic heterocycles. The quantitative estimate of drug-likeness (QED) is 0.585. The number of carbonyl (C=O) groups excluding carboxylic acids is 1. The molecule has 4 nitrogen and oxygen atoms in total. The molecule has 0 fully saturated rings. The Hall–Kier alpha value is -3.21. The van der Waals surface area contributed by atoms with Crippen LogP contribution in [0.2, 0.25) is 0 Å². The van der Waals surface area contributed by atoms with Gasteiger partial charge in [-0.2, -0.15) is 4.39 Å². The number of pyridine rings is 1. The molecule has 0 atom stereocenters. The Morgan fingerprint density at radius 1 is 1.00 bits per heavy atom. The lowest BCUT2D eigenvalue weighted by Gasteiger charge is -2.09. The van der Waals surface area contributed by atoms with E-state index in [2.05, 4.69) is 29.4 Å². The SMILES string of the molecule is CCCc1ccc(Oc2ccc(NC(=O)c3ccc(F)nc3C)cc2)cc1. The van der Waals surface area contributed by atoms with Crippen molar-refractivity contribution in [1.29, 1.82) is 0 Å². The van der Waals surface area contributed by atoms with Crippen LogP contribution in [0.1, 0.15) is 35.0 Å². The zero-order valence-corrected chi connectivity index (χ0v) is 15.3. The summed E-state index contributed by atoms with van der Waals surface area (Å²) >= 11 is 0. The number of halogens is 1. The molecule has 3 aromatic rings. The highest BCUT2D eigenvalue weighted by Crippen LogP contribution is 2.24. The van der Waals surface area contributed by atoms with Gasteiger partial charge in [-0.15, -0.1) is 0 Å². The largest absolute Gasteiger partial charge is 0.457 e. The monoisotopic (exact) mass is 364 g/mol. The van der Waals surface area contributed by atoms with E-state index in [0.29, 0.717) is 22.7 Å². The first kappa shape index (κ1) is 18.6. The van der Waals surface area contributed by atoms with Gasteiger partial charge in [0.1, 0.15) is 11.5 Å². The number of carbonyl (C=O) groups is 1. The summed E-state index contributed by atoms with van der Waals surface area (Å²) in [4.78, 5) is 16.0. The van der Waals surface area contributed by atoms with Gasteiger partial charge in [-0.05, 0) is 67.4 Å². The van der Waals surface area contributed by atoms with Crippen LogP contribution in [0.15, 0.2) is 60.7 Å². The second-order valence-electron chi connectivity index (χ2n) is 6.24. The van der Waals surface area contributed by atoms with E-state index in [1.807, 2.05) is 12.1 Å². The average molecular weight is 364 g/mol. The van der Waals surface area contributed by atoms with Crippen LogP contribution in [0.25, 0.3) is 0 Å². The lowest BCUT2D eigenvalue weighted by Crippen LogP contribution is -2.14. The maximum absolute atomic E-state index is 13.1. The summed E-state index contributed by atoms with van der Waals surface area (Å²) < 4.78 is 18.9. The summed E-state index contributed by atoms with van der Waals surface area (Å²) in [6.07, 6.45) is 2.17. The number of anilines is 1. The van der Waals surface area contributed by atoms with Crippen LogP contribution in [0.3, 0.4) is 0 Å². The Kier molecular flexibility index (Phi) is 5.81. The summed E-state index contributed by atoms with van der Waals surface area (Å²) in [5.74, 6) is 0.504. The Labute approximate surface area is 158 Å². The summed E-state index contributed by atoms with van der Waals surface area (Å²) in [6, 6.07) is 17.7. The van der Waals surface area contributed by atoms with Crippen molar-refractivity contribution >= 4 is 11.6 Å². The first-order chi connectivity index (χ1) is 13.0. The van der Waals surface area contributed by atoms with Gasteiger partial charge in [-0.25, -0.2) is 4.98 Å². The fourth-order valence-electron chi connectivity index (χ4n) is 2.72. The highest BCUT2D eigenvalue weighted by Gasteiger charge is 2.11. The van der Waals surface area contributed by atoms with Gasteiger partial charge in [-0.1, -0.05) is 25.5 Å². The molecule has 138 valence electrons. The van der Waals surface area contributed by atoms with E-state index in [-0.39, 0.29) is 5.91 Å². The molecule has 1 N–H and O–H groups in total. The Morgan fingerprint density at radius 3 is 2.22 bits per heavy atom. The molecule has 2 aromatic carbocycles. The van der Waals surface area contributed by atoms with Gasteiger partial charge in [0.05, 0.1) is 11.3 Å². The lowest BCUT2D eigenvalue weighted by atomic mass is 10.1. The molecule has 1 aromatic heterocycles. The maximum Gasteiger partial charge on any atom is 0.257 e. The molecule has 0 radical (unpaired) electrons. The van der Waals surface area contributed by atoms with E-state index in [9.17, 15) is 9.18 Å². The van der Waals surface area contributed by atoms with Crippen LogP contribution in [0, 0.1) is 12.9 Å². The number of ether oxygens (including phenoxy) is 1. The number of hydrogen-bond donors (Lipinski definition) is 1. The van der Waals surface area contributed by atoms with Crippen LogP contribution >= 0.6 is 0 Å². The van der Waals surface area contributed by atoms with E-state index in [0.717, 1.165) is 18.6 Å². The van der Waals surface area contributed by atoms with E-state index < -0.39 is 5.95 Å². The molecule has 0 aliphatic rings. The first-order valence-corrected chi connectivity index (χ1v) is 8.86. The molecule has 0 spiro atoms. The van der Waals surface area contributed by atoms with Gasteiger partial charge in [0.15, 0.2) is 0 Å². The van der Waals surface area contributed by atoms with Gasteiger partial charge in [0.2, 0.25) is 5.95 Å². The maximum atomic E-state index is 13.1. The van der Waals surface area contributed by atoms with E-state index in [4.69, 9.17) is 4.74 Å². The second kappa shape index (κ2) is 8.45. The number of amides is 1. The Morgan fingerprint density at radius 2 is 1.63 bits per heavy atom. The number of nitrogens with zero attached hydrogens (tertiary/aromatic N) is 1. The number of hydrogen-bond acceptors (Lipinski definition) is 3. The third-order valence-electron chi connectivity index (χ3n) is 4.11. The molecule has 5 heteroatoms.